The highest BCUT2D eigenvalue weighted by Gasteiger charge is 2.71. The Bertz CT molecular complexity index is 1210. The van der Waals surface area contributed by atoms with E-state index in [-0.39, 0.29) is 42.4 Å². The summed E-state index contributed by atoms with van der Waals surface area (Å²) < 4.78 is 151. The van der Waals surface area contributed by atoms with Gasteiger partial charge in [-0.3, -0.25) is 0 Å². The van der Waals surface area contributed by atoms with Crippen LogP contribution in [0.2, 0.25) is 0 Å². The number of aliphatic hydroxyl groups excluding tert-OH is 1. The molecule has 6 saturated carbocycles. The van der Waals surface area contributed by atoms with Crippen molar-refractivity contribution in [2.24, 2.45) is 88.8 Å². The normalized spacial score (nSPS) is 42.6. The lowest BCUT2D eigenvalue weighted by atomic mass is 9.72. The van der Waals surface area contributed by atoms with E-state index in [1.807, 2.05) is 13.8 Å². The van der Waals surface area contributed by atoms with Gasteiger partial charge in [0, 0.05) is 0 Å². The maximum absolute atomic E-state index is 12.7. The van der Waals surface area contributed by atoms with Crippen LogP contribution in [-0.2, 0) is 0 Å². The van der Waals surface area contributed by atoms with Gasteiger partial charge in [-0.05, 0) is 153 Å². The molecule has 53 heavy (non-hydrogen) atoms. The van der Waals surface area contributed by atoms with Crippen molar-refractivity contribution in [3.8, 4) is 0 Å². The Balaban J connectivity index is 0.000000179. The lowest BCUT2D eigenvalue weighted by molar-refractivity contribution is -0.373. The van der Waals surface area contributed by atoms with Gasteiger partial charge in [0.05, 0.1) is 0 Å². The Morgan fingerprint density at radius 2 is 0.792 bits per heavy atom. The van der Waals surface area contributed by atoms with E-state index in [0.717, 1.165) is 32.6 Å². The maximum Gasteiger partial charge on any atom is 0.426 e. The SMILES string of the molecule is CC1C2CC(CC(C)(O)C(F)(F)F)C(C2)C1C.CC1C2CC(CC(O)(C(F)(F)F)C(F)(F)F)C(C2)C1C.CC1C2CC(CC(O)C(F)(F)F)C(C2)C1C. The fourth-order valence-corrected chi connectivity index (χ4v) is 11.8. The van der Waals surface area contributed by atoms with Gasteiger partial charge in [0.15, 0.2) is 5.60 Å². The standard InChI is InChI=1S/C13H18F6O.C13H21F3O.C12H19F3O/c1-6-7(2)10-4-8(6)3-9(10)5-11(20,12(14,15)16)13(17,18)19;1-7-8(2)11-5-9(7)4-10(11)6-12(3,17)13(14,15)16;1-6-7(2)10-4-8(6)3-9(10)5-11(16)12(13,14)15/h6-10,20H,3-5H2,1-2H3;7-11,17H,4-6H2,1-3H3;6-11,16H,3-5H2,1-2H3. The average Bonchev–Trinajstić information content (AvgIpc) is 3.84. The van der Waals surface area contributed by atoms with Crippen LogP contribution >= 0.6 is 0 Å². The molecular weight excluding hydrogens is 732 g/mol. The minimum atomic E-state index is -5.69. The summed E-state index contributed by atoms with van der Waals surface area (Å²) in [5, 5.41) is 27.9. The van der Waals surface area contributed by atoms with E-state index in [2.05, 4.69) is 27.7 Å². The predicted octanol–water partition coefficient (Wildman–Crippen LogP) is 11.0. The smallest absolute Gasteiger partial charge is 0.384 e. The highest BCUT2D eigenvalue weighted by Crippen LogP contribution is 2.60. The molecule has 0 spiro atoms. The third-order valence-corrected chi connectivity index (χ3v) is 15.8. The quantitative estimate of drug-likeness (QED) is 0.235. The van der Waals surface area contributed by atoms with Crippen LogP contribution in [0.15, 0.2) is 0 Å². The van der Waals surface area contributed by atoms with Crippen molar-refractivity contribution < 1.29 is 68.0 Å². The van der Waals surface area contributed by atoms with Gasteiger partial charge >= 0.3 is 24.7 Å². The van der Waals surface area contributed by atoms with E-state index in [0.29, 0.717) is 66.1 Å². The molecule has 3 N–H and O–H groups in total. The molecular formula is C38H58F12O3. The molecule has 17 unspecified atom stereocenters. The molecule has 0 radical (unpaired) electrons. The van der Waals surface area contributed by atoms with Crippen LogP contribution in [0.1, 0.15) is 106 Å². The first-order chi connectivity index (χ1) is 23.8. The second kappa shape index (κ2) is 15.1. The van der Waals surface area contributed by atoms with E-state index in [1.165, 1.54) is 0 Å². The Kier molecular flexibility index (Phi) is 12.7. The maximum atomic E-state index is 12.7. The van der Waals surface area contributed by atoms with E-state index in [4.69, 9.17) is 5.11 Å². The molecule has 0 amide bonds. The summed E-state index contributed by atoms with van der Waals surface area (Å²) in [5.41, 5.74) is -7.11. The number of rotatable bonds is 6. The number of alkyl halides is 12. The van der Waals surface area contributed by atoms with Crippen LogP contribution in [0.5, 0.6) is 0 Å². The average molecular weight is 791 g/mol. The summed E-state index contributed by atoms with van der Waals surface area (Å²) in [6, 6.07) is 0. The molecule has 0 aromatic rings. The molecule has 6 rings (SSSR count). The second-order valence-electron chi connectivity index (χ2n) is 18.4. The van der Waals surface area contributed by atoms with Gasteiger partial charge in [0.2, 0.25) is 0 Å². The summed E-state index contributed by atoms with van der Waals surface area (Å²) in [4.78, 5) is 0. The zero-order chi connectivity index (χ0) is 40.6. The van der Waals surface area contributed by atoms with E-state index in [1.54, 1.807) is 0 Å². The Hall–Kier alpha value is -0.960. The van der Waals surface area contributed by atoms with Gasteiger partial charge in [0.25, 0.3) is 5.60 Å². The molecule has 0 heterocycles. The highest BCUT2D eigenvalue weighted by molar-refractivity contribution is 5.04. The largest absolute Gasteiger partial charge is 0.426 e. The summed E-state index contributed by atoms with van der Waals surface area (Å²) in [5.74, 6) is 4.14. The summed E-state index contributed by atoms with van der Waals surface area (Å²) in [6.45, 7) is 13.5. The van der Waals surface area contributed by atoms with Crippen molar-refractivity contribution in [2.75, 3.05) is 0 Å². The molecule has 0 aromatic heterocycles. The van der Waals surface area contributed by atoms with Gasteiger partial charge in [-0.2, -0.15) is 52.7 Å². The lowest BCUT2D eigenvalue weighted by Gasteiger charge is -2.39. The summed E-state index contributed by atoms with van der Waals surface area (Å²) in [6.07, 6.45) is -19.1. The van der Waals surface area contributed by atoms with Gasteiger partial charge < -0.3 is 15.3 Å². The Morgan fingerprint density at radius 1 is 0.472 bits per heavy atom. The molecule has 0 aliphatic heterocycles. The second-order valence-corrected chi connectivity index (χ2v) is 18.4. The third kappa shape index (κ3) is 8.81. The van der Waals surface area contributed by atoms with Gasteiger partial charge in [-0.25, -0.2) is 0 Å². The number of hydrogen-bond acceptors (Lipinski definition) is 3. The first-order valence-corrected chi connectivity index (χ1v) is 19.2. The number of fused-ring (bicyclic) bond motifs is 6. The van der Waals surface area contributed by atoms with Crippen molar-refractivity contribution in [1.82, 2.24) is 0 Å². The van der Waals surface area contributed by atoms with Crippen LogP contribution in [-0.4, -0.2) is 57.3 Å². The minimum absolute atomic E-state index is 0.0443. The summed E-state index contributed by atoms with van der Waals surface area (Å²) >= 11 is 0. The zero-order valence-electron chi connectivity index (χ0n) is 31.5. The fraction of sp³-hybridized carbons (Fsp3) is 1.00. The fourth-order valence-electron chi connectivity index (χ4n) is 11.8. The molecule has 3 nitrogen and oxygen atoms in total. The van der Waals surface area contributed by atoms with Crippen molar-refractivity contribution in [2.45, 2.75) is 148 Å². The first kappa shape index (κ1) is 44.8. The molecule has 6 aliphatic carbocycles. The van der Waals surface area contributed by atoms with Crippen LogP contribution < -0.4 is 0 Å². The van der Waals surface area contributed by atoms with Crippen LogP contribution in [0.3, 0.4) is 0 Å². The molecule has 6 fully saturated rings. The number of hydrogen-bond donors (Lipinski definition) is 3. The lowest BCUT2D eigenvalue weighted by Crippen LogP contribution is -2.58. The van der Waals surface area contributed by atoms with Gasteiger partial charge in [0.1, 0.15) is 6.10 Å². The number of aliphatic hydroxyl groups is 3. The third-order valence-electron chi connectivity index (χ3n) is 15.8. The highest BCUT2D eigenvalue weighted by atomic mass is 19.4. The van der Waals surface area contributed by atoms with E-state index < -0.39 is 54.3 Å². The molecule has 6 bridgehead atoms. The molecule has 6 aliphatic rings. The van der Waals surface area contributed by atoms with Crippen LogP contribution in [0, 0.1) is 88.8 Å². The zero-order valence-corrected chi connectivity index (χ0v) is 31.5. The Morgan fingerprint density at radius 3 is 1.08 bits per heavy atom. The van der Waals surface area contributed by atoms with E-state index >= 15 is 0 Å². The van der Waals surface area contributed by atoms with Crippen LogP contribution in [0.4, 0.5) is 52.7 Å². The van der Waals surface area contributed by atoms with Crippen LogP contribution in [0.25, 0.3) is 0 Å². The molecule has 17 atom stereocenters. The number of halogens is 12. The van der Waals surface area contributed by atoms with Crippen molar-refractivity contribution >= 4 is 0 Å². The molecule has 0 aromatic carbocycles. The monoisotopic (exact) mass is 790 g/mol. The van der Waals surface area contributed by atoms with Gasteiger partial charge in [-0.1, -0.05) is 41.5 Å². The minimum Gasteiger partial charge on any atom is -0.384 e. The molecule has 0 saturated heterocycles. The Labute approximate surface area is 305 Å². The van der Waals surface area contributed by atoms with Crippen molar-refractivity contribution in [3.63, 3.8) is 0 Å². The van der Waals surface area contributed by atoms with Gasteiger partial charge in [-0.15, -0.1) is 0 Å². The predicted molar refractivity (Wildman–Crippen MR) is 174 cm³/mol. The topological polar surface area (TPSA) is 60.7 Å². The molecule has 312 valence electrons. The van der Waals surface area contributed by atoms with Crippen molar-refractivity contribution in [3.05, 3.63) is 0 Å². The molecule has 15 heteroatoms. The van der Waals surface area contributed by atoms with E-state index in [9.17, 15) is 62.9 Å². The van der Waals surface area contributed by atoms with Crippen molar-refractivity contribution in [1.29, 1.82) is 0 Å². The first-order valence-electron chi connectivity index (χ1n) is 19.2. The summed E-state index contributed by atoms with van der Waals surface area (Å²) in [7, 11) is 0.